The minimum Gasteiger partial charge on any atom is -0.459 e. The number of hydrogen-bond donors (Lipinski definition) is 2. The summed E-state index contributed by atoms with van der Waals surface area (Å²) in [5, 5.41) is 5.98. The fraction of sp³-hybridized carbons (Fsp3) is 0.0526. The van der Waals surface area contributed by atoms with Gasteiger partial charge in [0, 0.05) is 22.6 Å². The highest BCUT2D eigenvalue weighted by atomic mass is 16.3. The summed E-state index contributed by atoms with van der Waals surface area (Å²) in [5.74, 6) is -0.0113. The zero-order valence-corrected chi connectivity index (χ0v) is 13.1. The molecule has 3 rings (SSSR count). The molecule has 2 N–H and O–H groups in total. The summed E-state index contributed by atoms with van der Waals surface area (Å²) < 4.78 is 5.05. The van der Waals surface area contributed by atoms with E-state index in [0.717, 1.165) is 11.4 Å². The van der Waals surface area contributed by atoms with E-state index in [1.54, 1.807) is 36.4 Å². The molecule has 5 heteroatoms. The van der Waals surface area contributed by atoms with E-state index in [1.807, 2.05) is 24.3 Å². The highest BCUT2D eigenvalue weighted by molar-refractivity contribution is 6.02. The number of anilines is 3. The van der Waals surface area contributed by atoms with Crippen LogP contribution in [0.4, 0.5) is 17.1 Å². The van der Waals surface area contributed by atoms with Gasteiger partial charge in [-0.2, -0.15) is 0 Å². The molecule has 0 saturated heterocycles. The highest BCUT2D eigenvalue weighted by Gasteiger charge is 2.08. The number of hydrogen-bond acceptors (Lipinski definition) is 4. The molecular formula is C19H16N2O3. The maximum Gasteiger partial charge on any atom is 0.291 e. The number of benzene rings is 2. The molecule has 3 aromatic rings. The van der Waals surface area contributed by atoms with Gasteiger partial charge in [0.15, 0.2) is 11.5 Å². The summed E-state index contributed by atoms with van der Waals surface area (Å²) in [6, 6.07) is 17.8. The average molecular weight is 320 g/mol. The number of ketones is 1. The van der Waals surface area contributed by atoms with E-state index in [-0.39, 0.29) is 17.5 Å². The number of amides is 1. The SMILES string of the molecule is CC(=O)c1cccc(Nc2ccc(NC(=O)c3ccco3)cc2)c1. The highest BCUT2D eigenvalue weighted by Crippen LogP contribution is 2.20. The molecule has 2 aromatic carbocycles. The maximum absolute atomic E-state index is 11.9. The second kappa shape index (κ2) is 6.83. The van der Waals surface area contributed by atoms with Gasteiger partial charge in [0.25, 0.3) is 5.91 Å². The van der Waals surface area contributed by atoms with Crippen molar-refractivity contribution in [2.75, 3.05) is 10.6 Å². The van der Waals surface area contributed by atoms with Crippen molar-refractivity contribution in [2.24, 2.45) is 0 Å². The van der Waals surface area contributed by atoms with Crippen molar-refractivity contribution in [1.29, 1.82) is 0 Å². The number of rotatable bonds is 5. The Morgan fingerprint density at radius 2 is 1.62 bits per heavy atom. The molecule has 1 heterocycles. The van der Waals surface area contributed by atoms with Gasteiger partial charge in [0.1, 0.15) is 0 Å². The lowest BCUT2D eigenvalue weighted by molar-refractivity contribution is 0.0993. The maximum atomic E-state index is 11.9. The smallest absolute Gasteiger partial charge is 0.291 e. The molecule has 0 atom stereocenters. The minimum absolute atomic E-state index is 0.0228. The predicted octanol–water partition coefficient (Wildman–Crippen LogP) is 4.48. The van der Waals surface area contributed by atoms with E-state index < -0.39 is 0 Å². The first-order valence-corrected chi connectivity index (χ1v) is 7.45. The molecule has 0 aliphatic rings. The van der Waals surface area contributed by atoms with Gasteiger partial charge in [-0.3, -0.25) is 9.59 Å². The van der Waals surface area contributed by atoms with E-state index in [2.05, 4.69) is 10.6 Å². The summed E-state index contributed by atoms with van der Waals surface area (Å²) in [6.45, 7) is 1.54. The van der Waals surface area contributed by atoms with Crippen molar-refractivity contribution in [3.05, 3.63) is 78.3 Å². The number of carbonyl (C=O) groups is 2. The van der Waals surface area contributed by atoms with Crippen LogP contribution < -0.4 is 10.6 Å². The van der Waals surface area contributed by atoms with Gasteiger partial charge in [0.2, 0.25) is 0 Å². The first kappa shape index (κ1) is 15.6. The number of carbonyl (C=O) groups excluding carboxylic acids is 2. The topological polar surface area (TPSA) is 71.3 Å². The van der Waals surface area contributed by atoms with Crippen molar-refractivity contribution in [1.82, 2.24) is 0 Å². The van der Waals surface area contributed by atoms with Crippen LogP contribution >= 0.6 is 0 Å². The van der Waals surface area contributed by atoms with Crippen LogP contribution in [-0.2, 0) is 0 Å². The van der Waals surface area contributed by atoms with E-state index in [4.69, 9.17) is 4.42 Å². The van der Waals surface area contributed by atoms with Gasteiger partial charge < -0.3 is 15.1 Å². The van der Waals surface area contributed by atoms with Crippen LogP contribution in [0.2, 0.25) is 0 Å². The zero-order valence-electron chi connectivity index (χ0n) is 13.1. The van der Waals surface area contributed by atoms with Gasteiger partial charge in [-0.1, -0.05) is 12.1 Å². The Hall–Kier alpha value is -3.34. The Balaban J connectivity index is 1.67. The minimum atomic E-state index is -0.296. The molecule has 0 radical (unpaired) electrons. The Kier molecular flexibility index (Phi) is 4.43. The van der Waals surface area contributed by atoms with Crippen LogP contribution in [0, 0.1) is 0 Å². The monoisotopic (exact) mass is 320 g/mol. The first-order valence-electron chi connectivity index (χ1n) is 7.45. The van der Waals surface area contributed by atoms with Crippen molar-refractivity contribution >= 4 is 28.8 Å². The van der Waals surface area contributed by atoms with Gasteiger partial charge in [-0.25, -0.2) is 0 Å². The Bertz CT molecular complexity index is 853. The lowest BCUT2D eigenvalue weighted by atomic mass is 10.1. The first-order chi connectivity index (χ1) is 11.6. The van der Waals surface area contributed by atoms with Gasteiger partial charge in [-0.05, 0) is 55.5 Å². The second-order valence-electron chi connectivity index (χ2n) is 5.27. The van der Waals surface area contributed by atoms with E-state index in [9.17, 15) is 9.59 Å². The molecular weight excluding hydrogens is 304 g/mol. The molecule has 0 saturated carbocycles. The molecule has 0 unspecified atom stereocenters. The van der Waals surface area contributed by atoms with E-state index in [0.29, 0.717) is 11.3 Å². The molecule has 1 aromatic heterocycles. The van der Waals surface area contributed by atoms with Crippen molar-refractivity contribution in [3.8, 4) is 0 Å². The Morgan fingerprint density at radius 3 is 2.29 bits per heavy atom. The molecule has 120 valence electrons. The lowest BCUT2D eigenvalue weighted by Crippen LogP contribution is -2.10. The molecule has 0 fully saturated rings. The molecule has 1 amide bonds. The van der Waals surface area contributed by atoms with E-state index in [1.165, 1.54) is 13.2 Å². The van der Waals surface area contributed by atoms with E-state index >= 15 is 0 Å². The van der Waals surface area contributed by atoms with Crippen LogP contribution in [0.3, 0.4) is 0 Å². The van der Waals surface area contributed by atoms with Crippen LogP contribution in [0.25, 0.3) is 0 Å². The summed E-state index contributed by atoms with van der Waals surface area (Å²) in [4.78, 5) is 23.3. The average Bonchev–Trinajstić information content (AvgIpc) is 3.11. The van der Waals surface area contributed by atoms with Crippen LogP contribution in [0.15, 0.2) is 71.3 Å². The Labute approximate surface area is 139 Å². The molecule has 0 aliphatic heterocycles. The van der Waals surface area contributed by atoms with Crippen molar-refractivity contribution < 1.29 is 14.0 Å². The zero-order chi connectivity index (χ0) is 16.9. The van der Waals surface area contributed by atoms with Gasteiger partial charge >= 0.3 is 0 Å². The normalized spacial score (nSPS) is 10.2. The quantitative estimate of drug-likeness (QED) is 0.680. The summed E-state index contributed by atoms with van der Waals surface area (Å²) in [6.07, 6.45) is 1.46. The standard InChI is InChI=1S/C19H16N2O3/c1-13(22)14-4-2-5-17(12-14)20-15-7-9-16(10-8-15)21-19(23)18-6-3-11-24-18/h2-12,20H,1H3,(H,21,23). The van der Waals surface area contributed by atoms with Crippen LogP contribution in [0.1, 0.15) is 27.8 Å². The fourth-order valence-electron chi connectivity index (χ4n) is 2.22. The molecule has 0 aliphatic carbocycles. The van der Waals surface area contributed by atoms with Crippen LogP contribution in [0.5, 0.6) is 0 Å². The lowest BCUT2D eigenvalue weighted by Gasteiger charge is -2.09. The van der Waals surface area contributed by atoms with Crippen molar-refractivity contribution in [3.63, 3.8) is 0 Å². The number of furan rings is 1. The summed E-state index contributed by atoms with van der Waals surface area (Å²) in [5.41, 5.74) is 3.00. The number of Topliss-reactive ketones (excluding diaryl/α,β-unsaturated/α-hetero) is 1. The van der Waals surface area contributed by atoms with Gasteiger partial charge in [-0.15, -0.1) is 0 Å². The predicted molar refractivity (Wildman–Crippen MR) is 92.8 cm³/mol. The number of nitrogens with one attached hydrogen (secondary N) is 2. The molecule has 0 spiro atoms. The molecule has 5 nitrogen and oxygen atoms in total. The third-order valence-corrected chi connectivity index (χ3v) is 3.45. The van der Waals surface area contributed by atoms with Crippen molar-refractivity contribution in [2.45, 2.75) is 6.92 Å². The second-order valence-corrected chi connectivity index (χ2v) is 5.27. The van der Waals surface area contributed by atoms with Gasteiger partial charge in [0.05, 0.1) is 6.26 Å². The molecule has 24 heavy (non-hydrogen) atoms. The third kappa shape index (κ3) is 3.70. The largest absolute Gasteiger partial charge is 0.459 e. The van der Waals surface area contributed by atoms with Crippen LogP contribution in [-0.4, -0.2) is 11.7 Å². The summed E-state index contributed by atoms with van der Waals surface area (Å²) in [7, 11) is 0. The Morgan fingerprint density at radius 1 is 0.875 bits per heavy atom. The summed E-state index contributed by atoms with van der Waals surface area (Å²) >= 11 is 0. The molecule has 0 bridgehead atoms. The fourth-order valence-corrected chi connectivity index (χ4v) is 2.22. The third-order valence-electron chi connectivity index (χ3n) is 3.45.